The first-order chi connectivity index (χ1) is 8.76. The third kappa shape index (κ3) is 3.25. The Kier molecular flexibility index (Phi) is 3.92. The molecular formula is C15H28N2O. The third-order valence-electron chi connectivity index (χ3n) is 4.93. The molecule has 0 spiro atoms. The summed E-state index contributed by atoms with van der Waals surface area (Å²) in [5.74, 6) is 0.978. The molecule has 1 N–H and O–H groups in total. The Balaban J connectivity index is 1.47. The van der Waals surface area contributed by atoms with Crippen LogP contribution in [0.3, 0.4) is 0 Å². The van der Waals surface area contributed by atoms with Crippen molar-refractivity contribution < 1.29 is 4.74 Å². The van der Waals surface area contributed by atoms with Crippen molar-refractivity contribution in [2.45, 2.75) is 44.6 Å². The van der Waals surface area contributed by atoms with Crippen LogP contribution in [0.15, 0.2) is 0 Å². The molecule has 1 atom stereocenters. The second kappa shape index (κ2) is 5.48. The van der Waals surface area contributed by atoms with Crippen LogP contribution in [0.4, 0.5) is 0 Å². The van der Waals surface area contributed by atoms with Crippen LogP contribution in [0, 0.1) is 11.3 Å². The Morgan fingerprint density at radius 1 is 1.28 bits per heavy atom. The van der Waals surface area contributed by atoms with Crippen LogP contribution in [-0.4, -0.2) is 50.8 Å². The number of nitrogens with zero attached hydrogens (tertiary/aromatic N) is 1. The SMILES string of the molecule is CN(CC1CCC1)CC1(CNC2CC2)CCOC1. The van der Waals surface area contributed by atoms with E-state index in [1.54, 1.807) is 0 Å². The first kappa shape index (κ1) is 12.9. The fraction of sp³-hybridized carbons (Fsp3) is 1.00. The third-order valence-corrected chi connectivity index (χ3v) is 4.93. The van der Waals surface area contributed by atoms with E-state index in [0.29, 0.717) is 5.41 Å². The highest BCUT2D eigenvalue weighted by molar-refractivity contribution is 4.92. The van der Waals surface area contributed by atoms with Crippen LogP contribution >= 0.6 is 0 Å². The standard InChI is InChI=1S/C15H28N2O/c1-17(9-13-3-2-4-13)11-15(7-8-18-12-15)10-16-14-5-6-14/h13-14,16H,2-12H2,1H3. The minimum atomic E-state index is 0.390. The van der Waals surface area contributed by atoms with Crippen molar-refractivity contribution in [3.8, 4) is 0 Å². The molecule has 0 aromatic heterocycles. The summed E-state index contributed by atoms with van der Waals surface area (Å²) in [6, 6.07) is 0.819. The zero-order chi connectivity index (χ0) is 12.4. The number of nitrogens with one attached hydrogen (secondary N) is 1. The van der Waals surface area contributed by atoms with E-state index < -0.39 is 0 Å². The van der Waals surface area contributed by atoms with Gasteiger partial charge in [0, 0.05) is 37.7 Å². The summed E-state index contributed by atoms with van der Waals surface area (Å²) in [6.07, 6.45) is 8.36. The average Bonchev–Trinajstić information content (AvgIpc) is 3.03. The molecule has 0 aromatic carbocycles. The maximum atomic E-state index is 5.69. The molecule has 3 fully saturated rings. The first-order valence-electron chi connectivity index (χ1n) is 7.75. The Morgan fingerprint density at radius 3 is 2.67 bits per heavy atom. The molecule has 2 saturated carbocycles. The molecule has 3 heteroatoms. The van der Waals surface area contributed by atoms with Crippen molar-refractivity contribution in [3.63, 3.8) is 0 Å². The summed E-state index contributed by atoms with van der Waals surface area (Å²) in [7, 11) is 2.30. The lowest BCUT2D eigenvalue weighted by atomic mass is 9.83. The van der Waals surface area contributed by atoms with E-state index in [9.17, 15) is 0 Å². The van der Waals surface area contributed by atoms with Gasteiger partial charge in [0.05, 0.1) is 6.61 Å². The minimum Gasteiger partial charge on any atom is -0.381 e. The van der Waals surface area contributed by atoms with E-state index in [1.807, 2.05) is 0 Å². The predicted molar refractivity (Wildman–Crippen MR) is 73.7 cm³/mol. The van der Waals surface area contributed by atoms with Gasteiger partial charge in [-0.1, -0.05) is 6.42 Å². The Bertz CT molecular complexity index is 268. The molecule has 1 saturated heterocycles. The van der Waals surface area contributed by atoms with Gasteiger partial charge in [0.15, 0.2) is 0 Å². The second-order valence-electron chi connectivity index (χ2n) is 6.95. The van der Waals surface area contributed by atoms with Crippen molar-refractivity contribution in [2.75, 3.05) is 39.9 Å². The molecule has 0 aromatic rings. The minimum absolute atomic E-state index is 0.390. The lowest BCUT2D eigenvalue weighted by Gasteiger charge is -2.36. The topological polar surface area (TPSA) is 24.5 Å². The van der Waals surface area contributed by atoms with Crippen molar-refractivity contribution in [3.05, 3.63) is 0 Å². The van der Waals surface area contributed by atoms with Gasteiger partial charge in [0.1, 0.15) is 0 Å². The number of hydrogen-bond acceptors (Lipinski definition) is 3. The van der Waals surface area contributed by atoms with E-state index >= 15 is 0 Å². The van der Waals surface area contributed by atoms with Crippen LogP contribution in [0.5, 0.6) is 0 Å². The quantitative estimate of drug-likeness (QED) is 0.749. The number of hydrogen-bond donors (Lipinski definition) is 1. The zero-order valence-corrected chi connectivity index (χ0v) is 11.8. The molecule has 104 valence electrons. The van der Waals surface area contributed by atoms with Crippen molar-refractivity contribution in [1.29, 1.82) is 0 Å². The summed E-state index contributed by atoms with van der Waals surface area (Å²) in [6.45, 7) is 5.59. The van der Waals surface area contributed by atoms with Gasteiger partial charge in [-0.05, 0) is 45.1 Å². The normalized spacial score (nSPS) is 33.0. The van der Waals surface area contributed by atoms with Gasteiger partial charge in [-0.2, -0.15) is 0 Å². The van der Waals surface area contributed by atoms with Crippen LogP contribution in [0.2, 0.25) is 0 Å². The first-order valence-corrected chi connectivity index (χ1v) is 7.75. The van der Waals surface area contributed by atoms with E-state index in [1.165, 1.54) is 51.6 Å². The highest BCUT2D eigenvalue weighted by Crippen LogP contribution is 2.32. The molecule has 3 nitrogen and oxygen atoms in total. The molecule has 2 aliphatic carbocycles. The van der Waals surface area contributed by atoms with Crippen LogP contribution in [0.1, 0.15) is 38.5 Å². The lowest BCUT2D eigenvalue weighted by molar-refractivity contribution is 0.103. The molecule has 3 rings (SSSR count). The maximum Gasteiger partial charge on any atom is 0.0547 e. The highest BCUT2D eigenvalue weighted by Gasteiger charge is 2.37. The summed E-state index contributed by atoms with van der Waals surface area (Å²) in [5, 5.41) is 3.72. The van der Waals surface area contributed by atoms with E-state index in [2.05, 4.69) is 17.3 Å². The Morgan fingerprint density at radius 2 is 2.11 bits per heavy atom. The summed E-state index contributed by atoms with van der Waals surface area (Å²) < 4.78 is 5.69. The predicted octanol–water partition coefficient (Wildman–Crippen LogP) is 1.88. The Hall–Kier alpha value is -0.120. The molecule has 3 aliphatic rings. The Labute approximate surface area is 111 Å². The maximum absolute atomic E-state index is 5.69. The fourth-order valence-electron chi connectivity index (χ4n) is 3.37. The molecule has 0 radical (unpaired) electrons. The van der Waals surface area contributed by atoms with E-state index in [4.69, 9.17) is 4.74 Å². The van der Waals surface area contributed by atoms with Crippen LogP contribution in [-0.2, 0) is 4.74 Å². The molecule has 0 amide bonds. The van der Waals surface area contributed by atoms with Crippen LogP contribution in [0.25, 0.3) is 0 Å². The fourth-order valence-corrected chi connectivity index (χ4v) is 3.37. The van der Waals surface area contributed by atoms with Gasteiger partial charge in [-0.25, -0.2) is 0 Å². The van der Waals surface area contributed by atoms with Gasteiger partial charge >= 0.3 is 0 Å². The van der Waals surface area contributed by atoms with Gasteiger partial charge < -0.3 is 15.0 Å². The van der Waals surface area contributed by atoms with Crippen molar-refractivity contribution in [2.24, 2.45) is 11.3 Å². The summed E-state index contributed by atoms with van der Waals surface area (Å²) in [4.78, 5) is 2.56. The van der Waals surface area contributed by atoms with Gasteiger partial charge in [-0.15, -0.1) is 0 Å². The van der Waals surface area contributed by atoms with Crippen molar-refractivity contribution in [1.82, 2.24) is 10.2 Å². The molecule has 1 aliphatic heterocycles. The molecule has 18 heavy (non-hydrogen) atoms. The lowest BCUT2D eigenvalue weighted by Crippen LogP contribution is -2.45. The number of rotatable bonds is 7. The molecule has 0 bridgehead atoms. The average molecular weight is 252 g/mol. The van der Waals surface area contributed by atoms with Crippen molar-refractivity contribution >= 4 is 0 Å². The number of ether oxygens (including phenoxy) is 1. The molecule has 1 unspecified atom stereocenters. The molecular weight excluding hydrogens is 224 g/mol. The molecule has 1 heterocycles. The summed E-state index contributed by atoms with van der Waals surface area (Å²) in [5.41, 5.74) is 0.390. The zero-order valence-electron chi connectivity index (χ0n) is 11.8. The highest BCUT2D eigenvalue weighted by atomic mass is 16.5. The van der Waals surface area contributed by atoms with Crippen LogP contribution < -0.4 is 5.32 Å². The van der Waals surface area contributed by atoms with Gasteiger partial charge in [0.2, 0.25) is 0 Å². The van der Waals surface area contributed by atoms with Gasteiger partial charge in [0.25, 0.3) is 0 Å². The smallest absolute Gasteiger partial charge is 0.0547 e. The van der Waals surface area contributed by atoms with E-state index in [-0.39, 0.29) is 0 Å². The summed E-state index contributed by atoms with van der Waals surface area (Å²) >= 11 is 0. The second-order valence-corrected chi connectivity index (χ2v) is 6.95. The monoisotopic (exact) mass is 252 g/mol. The largest absolute Gasteiger partial charge is 0.381 e. The van der Waals surface area contributed by atoms with E-state index in [0.717, 1.165) is 31.7 Å². The van der Waals surface area contributed by atoms with Gasteiger partial charge in [-0.3, -0.25) is 0 Å².